The van der Waals surface area contributed by atoms with Gasteiger partial charge in [-0.15, -0.1) is 0 Å². The number of carbonyl (C=O) groups is 1. The van der Waals surface area contributed by atoms with Crippen LogP contribution in [0.2, 0.25) is 0 Å². The standard InChI is InChI=1S/C23H23NO3S/c1-18-13-15-19(16-14-18)23(2,22(25)24-20-9-5-3-6-10-20)17-28(26,27)21-11-7-4-8-12-21/h3-16H,17H2,1-2H3,(H,24,25)/t23-/m1/s1. The van der Waals surface area contributed by atoms with Crippen LogP contribution in [0.3, 0.4) is 0 Å². The van der Waals surface area contributed by atoms with Crippen molar-refractivity contribution in [1.82, 2.24) is 0 Å². The quantitative estimate of drug-likeness (QED) is 0.677. The highest BCUT2D eigenvalue weighted by molar-refractivity contribution is 7.91. The van der Waals surface area contributed by atoms with Crippen LogP contribution in [0.5, 0.6) is 0 Å². The first-order valence-corrected chi connectivity index (χ1v) is 10.7. The van der Waals surface area contributed by atoms with Gasteiger partial charge in [-0.2, -0.15) is 0 Å². The number of amides is 1. The van der Waals surface area contributed by atoms with Crippen molar-refractivity contribution in [2.45, 2.75) is 24.2 Å². The van der Waals surface area contributed by atoms with Crippen LogP contribution in [-0.4, -0.2) is 20.1 Å². The molecule has 0 aliphatic carbocycles. The average molecular weight is 394 g/mol. The summed E-state index contributed by atoms with van der Waals surface area (Å²) in [7, 11) is -3.67. The normalized spacial score (nSPS) is 13.5. The highest BCUT2D eigenvalue weighted by Gasteiger charge is 2.40. The molecule has 1 N–H and O–H groups in total. The SMILES string of the molecule is Cc1ccc([C@@](C)(CS(=O)(=O)c2ccccc2)C(=O)Nc2ccccc2)cc1. The van der Waals surface area contributed by atoms with Crippen molar-refractivity contribution in [3.8, 4) is 0 Å². The largest absolute Gasteiger partial charge is 0.325 e. The Kier molecular flexibility index (Phi) is 5.66. The number of hydrogen-bond donors (Lipinski definition) is 1. The van der Waals surface area contributed by atoms with Crippen molar-refractivity contribution in [1.29, 1.82) is 0 Å². The number of anilines is 1. The molecule has 0 heterocycles. The zero-order valence-electron chi connectivity index (χ0n) is 15.9. The number of nitrogens with one attached hydrogen (secondary N) is 1. The van der Waals surface area contributed by atoms with Crippen LogP contribution >= 0.6 is 0 Å². The van der Waals surface area contributed by atoms with Crippen molar-refractivity contribution in [3.05, 3.63) is 96.1 Å². The molecule has 144 valence electrons. The second-order valence-corrected chi connectivity index (χ2v) is 9.08. The van der Waals surface area contributed by atoms with Crippen LogP contribution in [0.15, 0.2) is 89.8 Å². The summed E-state index contributed by atoms with van der Waals surface area (Å²) >= 11 is 0. The van der Waals surface area contributed by atoms with Gasteiger partial charge in [0, 0.05) is 5.69 Å². The first-order valence-electron chi connectivity index (χ1n) is 9.03. The summed E-state index contributed by atoms with van der Waals surface area (Å²) < 4.78 is 26.1. The van der Waals surface area contributed by atoms with E-state index in [1.807, 2.05) is 49.4 Å². The van der Waals surface area contributed by atoms with Crippen molar-refractivity contribution < 1.29 is 13.2 Å². The Bertz CT molecular complexity index is 1050. The summed E-state index contributed by atoms with van der Waals surface area (Å²) in [4.78, 5) is 13.5. The van der Waals surface area contributed by atoms with Crippen LogP contribution in [0.1, 0.15) is 18.1 Å². The van der Waals surface area contributed by atoms with Crippen LogP contribution in [0.4, 0.5) is 5.69 Å². The minimum absolute atomic E-state index is 0.209. The molecule has 1 atom stereocenters. The molecule has 3 rings (SSSR count). The Morgan fingerprint density at radius 3 is 1.96 bits per heavy atom. The molecule has 0 fully saturated rings. The molecule has 28 heavy (non-hydrogen) atoms. The molecule has 0 saturated carbocycles. The fourth-order valence-electron chi connectivity index (χ4n) is 3.08. The van der Waals surface area contributed by atoms with Crippen molar-refractivity contribution >= 4 is 21.4 Å². The van der Waals surface area contributed by atoms with E-state index < -0.39 is 15.3 Å². The van der Waals surface area contributed by atoms with Gasteiger partial charge in [0.15, 0.2) is 9.84 Å². The van der Waals surface area contributed by atoms with Gasteiger partial charge in [-0.3, -0.25) is 4.79 Å². The van der Waals surface area contributed by atoms with E-state index in [1.165, 1.54) is 0 Å². The maximum atomic E-state index is 13.3. The van der Waals surface area contributed by atoms with E-state index in [0.29, 0.717) is 11.3 Å². The molecule has 3 aromatic carbocycles. The van der Waals surface area contributed by atoms with E-state index in [1.54, 1.807) is 49.4 Å². The fraction of sp³-hybridized carbons (Fsp3) is 0.174. The number of sulfone groups is 1. The summed E-state index contributed by atoms with van der Waals surface area (Å²) in [6, 6.07) is 24.7. The predicted octanol–water partition coefficient (Wildman–Crippen LogP) is 4.37. The summed E-state index contributed by atoms with van der Waals surface area (Å²) in [6.45, 7) is 3.63. The minimum atomic E-state index is -3.67. The maximum absolute atomic E-state index is 13.3. The monoisotopic (exact) mass is 393 g/mol. The molecule has 5 heteroatoms. The number of hydrogen-bond acceptors (Lipinski definition) is 3. The third-order valence-corrected chi connectivity index (χ3v) is 6.75. The van der Waals surface area contributed by atoms with Gasteiger partial charge in [0.25, 0.3) is 0 Å². The Morgan fingerprint density at radius 2 is 1.39 bits per heavy atom. The maximum Gasteiger partial charge on any atom is 0.235 e. The van der Waals surface area contributed by atoms with Crippen LogP contribution in [0, 0.1) is 6.92 Å². The van der Waals surface area contributed by atoms with Crippen molar-refractivity contribution in [2.24, 2.45) is 0 Å². The van der Waals surface area contributed by atoms with Crippen LogP contribution < -0.4 is 5.32 Å². The molecule has 3 aromatic rings. The van der Waals surface area contributed by atoms with E-state index in [4.69, 9.17) is 0 Å². The van der Waals surface area contributed by atoms with E-state index in [-0.39, 0.29) is 16.6 Å². The van der Waals surface area contributed by atoms with E-state index in [0.717, 1.165) is 5.56 Å². The summed E-state index contributed by atoms with van der Waals surface area (Å²) in [5.41, 5.74) is 1.08. The first-order chi connectivity index (χ1) is 13.3. The van der Waals surface area contributed by atoms with E-state index in [9.17, 15) is 13.2 Å². The zero-order valence-corrected chi connectivity index (χ0v) is 16.7. The number of para-hydroxylation sites is 1. The molecule has 0 bridgehead atoms. The molecule has 0 saturated heterocycles. The lowest BCUT2D eigenvalue weighted by molar-refractivity contribution is -0.120. The van der Waals surface area contributed by atoms with Gasteiger partial charge < -0.3 is 5.32 Å². The van der Waals surface area contributed by atoms with E-state index in [2.05, 4.69) is 5.32 Å². The van der Waals surface area contributed by atoms with Gasteiger partial charge in [-0.1, -0.05) is 66.2 Å². The molecule has 0 radical (unpaired) electrons. The lowest BCUT2D eigenvalue weighted by Gasteiger charge is -2.29. The first kappa shape index (κ1) is 19.8. The second kappa shape index (κ2) is 7.98. The van der Waals surface area contributed by atoms with E-state index >= 15 is 0 Å². The van der Waals surface area contributed by atoms with Gasteiger partial charge in [-0.25, -0.2) is 8.42 Å². The molecular formula is C23H23NO3S. The smallest absolute Gasteiger partial charge is 0.235 e. The molecule has 4 nitrogen and oxygen atoms in total. The molecular weight excluding hydrogens is 370 g/mol. The van der Waals surface area contributed by atoms with Gasteiger partial charge in [0.1, 0.15) is 0 Å². The van der Waals surface area contributed by atoms with Crippen molar-refractivity contribution in [2.75, 3.05) is 11.1 Å². The lowest BCUT2D eigenvalue weighted by Crippen LogP contribution is -2.43. The Labute approximate surface area is 166 Å². The third kappa shape index (κ3) is 4.31. The van der Waals surface area contributed by atoms with Crippen LogP contribution in [0.25, 0.3) is 0 Å². The summed E-state index contributed by atoms with van der Waals surface area (Å²) in [5.74, 6) is -0.687. The van der Waals surface area contributed by atoms with Crippen LogP contribution in [-0.2, 0) is 20.0 Å². The number of aryl methyl sites for hydroxylation is 1. The number of rotatable bonds is 6. The highest BCUT2D eigenvalue weighted by Crippen LogP contribution is 2.30. The van der Waals surface area contributed by atoms with Crippen molar-refractivity contribution in [3.63, 3.8) is 0 Å². The molecule has 0 spiro atoms. The molecule has 0 aliphatic heterocycles. The average Bonchev–Trinajstić information content (AvgIpc) is 2.69. The van der Waals surface area contributed by atoms with Gasteiger partial charge in [-0.05, 0) is 43.7 Å². The predicted molar refractivity (Wildman–Crippen MR) is 112 cm³/mol. The second-order valence-electron chi connectivity index (χ2n) is 7.09. The Hall–Kier alpha value is -2.92. The molecule has 0 aliphatic rings. The fourth-order valence-corrected chi connectivity index (χ4v) is 4.88. The molecule has 0 unspecified atom stereocenters. The van der Waals surface area contributed by atoms with Gasteiger partial charge in [0.2, 0.25) is 5.91 Å². The Morgan fingerprint density at radius 1 is 0.857 bits per heavy atom. The van der Waals surface area contributed by atoms with Gasteiger partial charge >= 0.3 is 0 Å². The highest BCUT2D eigenvalue weighted by atomic mass is 32.2. The molecule has 0 aromatic heterocycles. The van der Waals surface area contributed by atoms with Gasteiger partial charge in [0.05, 0.1) is 16.1 Å². The number of carbonyl (C=O) groups excluding carboxylic acids is 1. The summed E-state index contributed by atoms with van der Waals surface area (Å²) in [5, 5.41) is 2.87. The topological polar surface area (TPSA) is 63.2 Å². The Balaban J connectivity index is 2.01. The minimum Gasteiger partial charge on any atom is -0.325 e. The molecule has 1 amide bonds. The summed E-state index contributed by atoms with van der Waals surface area (Å²) in [6.07, 6.45) is 0. The third-order valence-electron chi connectivity index (χ3n) is 4.80. The zero-order chi connectivity index (χ0) is 20.2. The number of benzene rings is 3. The lowest BCUT2D eigenvalue weighted by atomic mass is 9.83.